The second-order valence-electron chi connectivity index (χ2n) is 7.17. The van der Waals surface area contributed by atoms with Crippen LogP contribution in [0.5, 0.6) is 0 Å². The summed E-state index contributed by atoms with van der Waals surface area (Å²) in [7, 11) is 0. The lowest BCUT2D eigenvalue weighted by Crippen LogP contribution is -2.42. The molecular weight excluding hydrogens is 292 g/mol. The van der Waals surface area contributed by atoms with Crippen LogP contribution in [-0.2, 0) is 11.3 Å². The number of carbonyl (C=O) groups is 1. The van der Waals surface area contributed by atoms with Crippen molar-refractivity contribution in [3.05, 3.63) is 29.8 Å². The van der Waals surface area contributed by atoms with E-state index in [9.17, 15) is 9.90 Å². The van der Waals surface area contributed by atoms with Gasteiger partial charge >= 0.3 is 6.09 Å². The highest BCUT2D eigenvalue weighted by Gasteiger charge is 2.22. The molecule has 0 aliphatic carbocycles. The van der Waals surface area contributed by atoms with Crippen LogP contribution >= 0.6 is 0 Å². The normalized spacial score (nSPS) is 18.6. The van der Waals surface area contributed by atoms with Crippen LogP contribution in [0.25, 0.3) is 0 Å². The fraction of sp³-hybridized carbons (Fsp3) is 0.611. The number of hydrogen-bond donors (Lipinski definition) is 2. The highest BCUT2D eigenvalue weighted by atomic mass is 16.6. The van der Waals surface area contributed by atoms with Gasteiger partial charge in [-0.2, -0.15) is 0 Å². The molecule has 5 heteroatoms. The Balaban J connectivity index is 1.87. The molecule has 2 rings (SSSR count). The summed E-state index contributed by atoms with van der Waals surface area (Å²) in [6.45, 7) is 8.20. The monoisotopic (exact) mass is 320 g/mol. The molecule has 1 aromatic rings. The molecule has 1 aromatic carbocycles. The van der Waals surface area contributed by atoms with Crippen LogP contribution in [-0.4, -0.2) is 36.4 Å². The highest BCUT2D eigenvalue weighted by Crippen LogP contribution is 2.24. The summed E-state index contributed by atoms with van der Waals surface area (Å²) in [5.74, 6) is 0.411. The summed E-state index contributed by atoms with van der Waals surface area (Å²) in [5.41, 5.74) is 1.60. The lowest BCUT2D eigenvalue weighted by Gasteiger charge is -2.34. The second kappa shape index (κ2) is 7.68. The maximum Gasteiger partial charge on any atom is 0.407 e. The zero-order valence-electron chi connectivity index (χ0n) is 14.3. The van der Waals surface area contributed by atoms with E-state index in [4.69, 9.17) is 4.74 Å². The highest BCUT2D eigenvalue weighted by molar-refractivity contribution is 5.67. The van der Waals surface area contributed by atoms with Gasteiger partial charge in [-0.1, -0.05) is 12.1 Å². The van der Waals surface area contributed by atoms with Crippen molar-refractivity contribution in [1.82, 2.24) is 5.32 Å². The van der Waals surface area contributed by atoms with Crippen LogP contribution in [0.4, 0.5) is 10.5 Å². The van der Waals surface area contributed by atoms with E-state index in [0.717, 1.165) is 37.2 Å². The summed E-state index contributed by atoms with van der Waals surface area (Å²) in [4.78, 5) is 14.1. The van der Waals surface area contributed by atoms with Crippen LogP contribution in [0.15, 0.2) is 24.3 Å². The van der Waals surface area contributed by atoms with Crippen molar-refractivity contribution in [1.29, 1.82) is 0 Å². The van der Waals surface area contributed by atoms with Crippen LogP contribution in [0.2, 0.25) is 0 Å². The van der Waals surface area contributed by atoms with Gasteiger partial charge in [-0.25, -0.2) is 4.79 Å². The first-order valence-corrected chi connectivity index (χ1v) is 8.29. The third-order valence-corrected chi connectivity index (χ3v) is 3.91. The third kappa shape index (κ3) is 5.75. The number of carbonyl (C=O) groups excluding carboxylic acids is 1. The number of nitrogens with one attached hydrogen (secondary N) is 1. The Morgan fingerprint density at radius 2 is 2.22 bits per heavy atom. The number of alkyl carbamates (subject to hydrolysis) is 1. The molecule has 0 spiro atoms. The Morgan fingerprint density at radius 1 is 1.43 bits per heavy atom. The van der Waals surface area contributed by atoms with E-state index in [1.165, 1.54) is 0 Å². The molecule has 1 amide bonds. The number of aliphatic hydroxyl groups is 1. The second-order valence-corrected chi connectivity index (χ2v) is 7.17. The SMILES string of the molecule is CC(C)(C)OC(=O)NC[C@H]1CCCN(c2cccc(CO)c2)C1. The number of nitrogens with zero attached hydrogens (tertiary/aromatic N) is 1. The van der Waals surface area contributed by atoms with Crippen LogP contribution in [0.1, 0.15) is 39.2 Å². The molecule has 0 aromatic heterocycles. The topological polar surface area (TPSA) is 61.8 Å². The Hall–Kier alpha value is -1.75. The number of ether oxygens (including phenoxy) is 1. The van der Waals surface area contributed by atoms with E-state index in [0.29, 0.717) is 12.5 Å². The van der Waals surface area contributed by atoms with E-state index in [2.05, 4.69) is 16.3 Å². The van der Waals surface area contributed by atoms with Gasteiger partial charge in [-0.05, 0) is 57.2 Å². The Morgan fingerprint density at radius 3 is 2.91 bits per heavy atom. The average molecular weight is 320 g/mol. The van der Waals surface area contributed by atoms with Gasteiger partial charge in [0.1, 0.15) is 5.60 Å². The minimum Gasteiger partial charge on any atom is -0.444 e. The predicted octanol–water partition coefficient (Wildman–Crippen LogP) is 2.92. The molecule has 2 N–H and O–H groups in total. The molecule has 1 fully saturated rings. The van der Waals surface area contributed by atoms with Gasteiger partial charge < -0.3 is 20.1 Å². The number of anilines is 1. The molecule has 1 aliphatic rings. The standard InChI is InChI=1S/C18H28N2O3/c1-18(2,3)23-17(22)19-11-15-7-5-9-20(12-15)16-8-4-6-14(10-16)13-21/h4,6,8,10,15,21H,5,7,9,11-13H2,1-3H3,(H,19,22)/t15-/m1/s1. The maximum absolute atomic E-state index is 11.8. The molecule has 0 bridgehead atoms. The predicted molar refractivity (Wildman–Crippen MR) is 91.5 cm³/mol. The van der Waals surface area contributed by atoms with Gasteiger partial charge in [-0.15, -0.1) is 0 Å². The molecule has 1 saturated heterocycles. The Labute approximate surface area is 138 Å². The number of piperidine rings is 1. The zero-order valence-corrected chi connectivity index (χ0v) is 14.3. The summed E-state index contributed by atoms with van der Waals surface area (Å²) < 4.78 is 5.28. The number of aliphatic hydroxyl groups excluding tert-OH is 1. The van der Waals surface area contributed by atoms with E-state index >= 15 is 0 Å². The molecule has 1 heterocycles. The number of rotatable bonds is 4. The molecule has 23 heavy (non-hydrogen) atoms. The summed E-state index contributed by atoms with van der Waals surface area (Å²) in [6.07, 6.45) is 1.85. The summed E-state index contributed by atoms with van der Waals surface area (Å²) >= 11 is 0. The Kier molecular flexibility index (Phi) is 5.88. The molecule has 1 aliphatic heterocycles. The van der Waals surface area contributed by atoms with Crippen LogP contribution in [0.3, 0.4) is 0 Å². The fourth-order valence-corrected chi connectivity index (χ4v) is 2.86. The lowest BCUT2D eigenvalue weighted by molar-refractivity contribution is 0.0517. The number of amides is 1. The minimum atomic E-state index is -0.465. The summed E-state index contributed by atoms with van der Waals surface area (Å²) in [6, 6.07) is 8.00. The van der Waals surface area contributed by atoms with Gasteiger partial charge in [0.2, 0.25) is 0 Å². The smallest absolute Gasteiger partial charge is 0.407 e. The minimum absolute atomic E-state index is 0.0608. The van der Waals surface area contributed by atoms with Gasteiger partial charge in [0.25, 0.3) is 0 Å². The van der Waals surface area contributed by atoms with Crippen LogP contribution in [0, 0.1) is 5.92 Å². The fourth-order valence-electron chi connectivity index (χ4n) is 2.86. The molecular formula is C18H28N2O3. The Bertz CT molecular complexity index is 525. The molecule has 0 unspecified atom stereocenters. The summed E-state index contributed by atoms with van der Waals surface area (Å²) in [5, 5.41) is 12.1. The van der Waals surface area contributed by atoms with E-state index < -0.39 is 5.60 Å². The van der Waals surface area contributed by atoms with Crippen molar-refractivity contribution in [2.45, 2.75) is 45.8 Å². The van der Waals surface area contributed by atoms with Gasteiger partial charge in [-0.3, -0.25) is 0 Å². The van der Waals surface area contributed by atoms with Crippen LogP contribution < -0.4 is 10.2 Å². The first kappa shape index (κ1) is 17.6. The molecule has 1 atom stereocenters. The lowest BCUT2D eigenvalue weighted by atomic mass is 9.97. The van der Waals surface area contributed by atoms with Crippen molar-refractivity contribution in [2.75, 3.05) is 24.5 Å². The largest absolute Gasteiger partial charge is 0.444 e. The third-order valence-electron chi connectivity index (χ3n) is 3.91. The van der Waals surface area contributed by atoms with Crippen molar-refractivity contribution in [3.63, 3.8) is 0 Å². The van der Waals surface area contributed by atoms with Gasteiger partial charge in [0, 0.05) is 25.3 Å². The van der Waals surface area contributed by atoms with E-state index in [1.54, 1.807) is 0 Å². The first-order valence-electron chi connectivity index (χ1n) is 8.29. The van der Waals surface area contributed by atoms with Gasteiger partial charge in [0.15, 0.2) is 0 Å². The maximum atomic E-state index is 11.8. The van der Waals surface area contributed by atoms with Gasteiger partial charge in [0.05, 0.1) is 6.61 Å². The molecule has 0 radical (unpaired) electrons. The number of benzene rings is 1. The van der Waals surface area contributed by atoms with Crippen molar-refractivity contribution in [3.8, 4) is 0 Å². The molecule has 0 saturated carbocycles. The average Bonchev–Trinajstić information content (AvgIpc) is 2.52. The molecule has 128 valence electrons. The number of hydrogen-bond acceptors (Lipinski definition) is 4. The first-order chi connectivity index (χ1) is 10.9. The molecule has 5 nitrogen and oxygen atoms in total. The quantitative estimate of drug-likeness (QED) is 0.895. The van der Waals surface area contributed by atoms with Crippen molar-refractivity contribution in [2.24, 2.45) is 5.92 Å². The van der Waals surface area contributed by atoms with Crippen molar-refractivity contribution >= 4 is 11.8 Å². The van der Waals surface area contributed by atoms with E-state index in [1.807, 2.05) is 39.0 Å². The van der Waals surface area contributed by atoms with Crippen molar-refractivity contribution < 1.29 is 14.6 Å². The zero-order chi connectivity index (χ0) is 16.9. The van der Waals surface area contributed by atoms with E-state index in [-0.39, 0.29) is 12.7 Å².